The van der Waals surface area contributed by atoms with Crippen LogP contribution in [-0.2, 0) is 17.8 Å². The van der Waals surface area contributed by atoms with Crippen molar-refractivity contribution in [1.82, 2.24) is 4.90 Å². The number of fused-ring (bicyclic) bond motifs is 1. The SMILES string of the molecule is COc1cc(OC)c(C(C)C)cc1C(=O)N1Cc2ccc(C3CO3)cc2C1. The highest BCUT2D eigenvalue weighted by atomic mass is 16.6. The Bertz CT molecular complexity index is 886. The number of amides is 1. The molecule has 1 saturated heterocycles. The number of nitrogens with zero attached hydrogens (tertiary/aromatic N) is 1. The summed E-state index contributed by atoms with van der Waals surface area (Å²) in [6.07, 6.45) is 0.232. The predicted molar refractivity (Wildman–Crippen MR) is 102 cm³/mol. The predicted octanol–water partition coefficient (Wildman–Crippen LogP) is 4.05. The Balaban J connectivity index is 1.63. The number of carbonyl (C=O) groups is 1. The molecule has 2 aliphatic heterocycles. The van der Waals surface area contributed by atoms with E-state index in [1.807, 2.05) is 17.0 Å². The lowest BCUT2D eigenvalue weighted by molar-refractivity contribution is 0.0747. The third-order valence-electron chi connectivity index (χ3n) is 5.35. The normalized spacial score (nSPS) is 17.8. The van der Waals surface area contributed by atoms with Gasteiger partial charge < -0.3 is 19.1 Å². The van der Waals surface area contributed by atoms with Crippen LogP contribution in [0.1, 0.15) is 58.5 Å². The number of hydrogen-bond donors (Lipinski definition) is 0. The van der Waals surface area contributed by atoms with Gasteiger partial charge in [0.25, 0.3) is 5.91 Å². The van der Waals surface area contributed by atoms with E-state index in [1.165, 1.54) is 16.7 Å². The van der Waals surface area contributed by atoms with Gasteiger partial charge in [-0.05, 0) is 34.2 Å². The average Bonchev–Trinajstić information content (AvgIpc) is 3.44. The van der Waals surface area contributed by atoms with Gasteiger partial charge in [0.05, 0.1) is 26.4 Å². The molecule has 4 rings (SSSR count). The van der Waals surface area contributed by atoms with Gasteiger partial charge >= 0.3 is 0 Å². The lowest BCUT2D eigenvalue weighted by Gasteiger charge is -2.20. The van der Waals surface area contributed by atoms with E-state index in [-0.39, 0.29) is 17.9 Å². The maximum absolute atomic E-state index is 13.3. The van der Waals surface area contributed by atoms with Crippen molar-refractivity contribution in [2.45, 2.75) is 39.0 Å². The molecule has 142 valence electrons. The molecule has 0 radical (unpaired) electrons. The highest BCUT2D eigenvalue weighted by Crippen LogP contribution is 2.37. The largest absolute Gasteiger partial charge is 0.496 e. The molecule has 0 N–H and O–H groups in total. The second-order valence-electron chi connectivity index (χ2n) is 7.46. The van der Waals surface area contributed by atoms with Crippen molar-refractivity contribution in [2.75, 3.05) is 20.8 Å². The fourth-order valence-corrected chi connectivity index (χ4v) is 3.71. The van der Waals surface area contributed by atoms with Crippen LogP contribution in [0.15, 0.2) is 30.3 Å². The van der Waals surface area contributed by atoms with Crippen LogP contribution in [-0.4, -0.2) is 31.6 Å². The van der Waals surface area contributed by atoms with E-state index in [0.717, 1.165) is 17.9 Å². The van der Waals surface area contributed by atoms with Crippen LogP contribution < -0.4 is 9.47 Å². The third kappa shape index (κ3) is 3.28. The molecule has 0 saturated carbocycles. The third-order valence-corrected chi connectivity index (χ3v) is 5.35. The molecule has 0 aromatic heterocycles. The number of hydrogen-bond acceptors (Lipinski definition) is 4. The minimum atomic E-state index is -0.0168. The first-order chi connectivity index (χ1) is 13.0. The van der Waals surface area contributed by atoms with E-state index in [1.54, 1.807) is 14.2 Å². The fourth-order valence-electron chi connectivity index (χ4n) is 3.71. The first-order valence-corrected chi connectivity index (χ1v) is 9.30. The zero-order valence-corrected chi connectivity index (χ0v) is 16.2. The van der Waals surface area contributed by atoms with E-state index in [4.69, 9.17) is 14.2 Å². The smallest absolute Gasteiger partial charge is 0.258 e. The highest BCUT2D eigenvalue weighted by Gasteiger charge is 2.30. The maximum atomic E-state index is 13.3. The summed E-state index contributed by atoms with van der Waals surface area (Å²) in [6, 6.07) is 10.1. The summed E-state index contributed by atoms with van der Waals surface area (Å²) in [5, 5.41) is 0. The molecule has 1 unspecified atom stereocenters. The molecular formula is C22H25NO4. The van der Waals surface area contributed by atoms with Gasteiger partial charge in [0.15, 0.2) is 0 Å². The Labute approximate surface area is 159 Å². The molecule has 2 aliphatic rings. The van der Waals surface area contributed by atoms with E-state index >= 15 is 0 Å². The Morgan fingerprint density at radius 2 is 1.78 bits per heavy atom. The molecule has 1 fully saturated rings. The van der Waals surface area contributed by atoms with Gasteiger partial charge in [0, 0.05) is 19.2 Å². The van der Waals surface area contributed by atoms with Crippen molar-refractivity contribution >= 4 is 5.91 Å². The van der Waals surface area contributed by atoms with Crippen LogP contribution in [0.3, 0.4) is 0 Å². The number of benzene rings is 2. The van der Waals surface area contributed by atoms with Crippen LogP contribution in [0.4, 0.5) is 0 Å². The quantitative estimate of drug-likeness (QED) is 0.748. The maximum Gasteiger partial charge on any atom is 0.258 e. The first kappa shape index (κ1) is 17.9. The standard InChI is InChI=1S/C22H25NO4/c1-13(2)17-8-18(20(26-4)9-19(17)25-3)22(24)23-10-15-6-5-14(21-12-27-21)7-16(15)11-23/h5-9,13,21H,10-12H2,1-4H3. The summed E-state index contributed by atoms with van der Waals surface area (Å²) in [6.45, 7) is 6.20. The molecule has 5 heteroatoms. The van der Waals surface area contributed by atoms with Crippen LogP contribution in [0, 0.1) is 0 Å². The monoisotopic (exact) mass is 367 g/mol. The summed E-state index contributed by atoms with van der Waals surface area (Å²) < 4.78 is 16.4. The van der Waals surface area contributed by atoms with Gasteiger partial charge in [-0.1, -0.05) is 32.0 Å². The van der Waals surface area contributed by atoms with E-state index < -0.39 is 0 Å². The van der Waals surface area contributed by atoms with Crippen molar-refractivity contribution < 1.29 is 19.0 Å². The summed E-state index contributed by atoms with van der Waals surface area (Å²) in [4.78, 5) is 15.2. The van der Waals surface area contributed by atoms with E-state index in [9.17, 15) is 4.79 Å². The van der Waals surface area contributed by atoms with Crippen LogP contribution in [0.25, 0.3) is 0 Å². The molecule has 5 nitrogen and oxygen atoms in total. The molecular weight excluding hydrogens is 342 g/mol. The Kier molecular flexibility index (Phi) is 4.56. The Morgan fingerprint density at radius 1 is 1.07 bits per heavy atom. The summed E-state index contributed by atoms with van der Waals surface area (Å²) in [7, 11) is 3.22. The van der Waals surface area contributed by atoms with Crippen molar-refractivity contribution in [1.29, 1.82) is 0 Å². The Morgan fingerprint density at radius 3 is 2.41 bits per heavy atom. The average molecular weight is 367 g/mol. The zero-order valence-electron chi connectivity index (χ0n) is 16.2. The lowest BCUT2D eigenvalue weighted by Crippen LogP contribution is -2.26. The Hall–Kier alpha value is -2.53. The van der Waals surface area contributed by atoms with Crippen molar-refractivity contribution in [3.05, 3.63) is 58.1 Å². The van der Waals surface area contributed by atoms with E-state index in [0.29, 0.717) is 24.4 Å². The number of rotatable bonds is 5. The lowest BCUT2D eigenvalue weighted by atomic mass is 9.98. The molecule has 1 amide bonds. The molecule has 0 spiro atoms. The second-order valence-corrected chi connectivity index (χ2v) is 7.46. The van der Waals surface area contributed by atoms with Crippen molar-refractivity contribution in [3.8, 4) is 11.5 Å². The summed E-state index contributed by atoms with van der Waals surface area (Å²) >= 11 is 0. The molecule has 1 atom stereocenters. The summed E-state index contributed by atoms with van der Waals surface area (Å²) in [5.41, 5.74) is 5.19. The highest BCUT2D eigenvalue weighted by molar-refractivity contribution is 5.97. The molecule has 27 heavy (non-hydrogen) atoms. The van der Waals surface area contributed by atoms with Crippen LogP contribution in [0.5, 0.6) is 11.5 Å². The number of methoxy groups -OCH3 is 2. The second kappa shape index (κ2) is 6.89. The summed E-state index contributed by atoms with van der Waals surface area (Å²) in [5.74, 6) is 1.52. The van der Waals surface area contributed by atoms with Gasteiger partial charge in [-0.3, -0.25) is 4.79 Å². The number of ether oxygens (including phenoxy) is 3. The van der Waals surface area contributed by atoms with Crippen LogP contribution in [0.2, 0.25) is 0 Å². The molecule has 2 aromatic rings. The topological polar surface area (TPSA) is 51.3 Å². The first-order valence-electron chi connectivity index (χ1n) is 9.30. The molecule has 2 heterocycles. The number of carbonyl (C=O) groups excluding carboxylic acids is 1. The zero-order chi connectivity index (χ0) is 19.1. The van der Waals surface area contributed by atoms with Crippen LogP contribution >= 0.6 is 0 Å². The molecule has 2 aromatic carbocycles. The van der Waals surface area contributed by atoms with Gasteiger partial charge in [-0.2, -0.15) is 0 Å². The number of epoxide rings is 1. The minimum absolute atomic E-state index is 0.0168. The van der Waals surface area contributed by atoms with Crippen molar-refractivity contribution in [3.63, 3.8) is 0 Å². The van der Waals surface area contributed by atoms with E-state index in [2.05, 4.69) is 32.0 Å². The fraction of sp³-hybridized carbons (Fsp3) is 0.409. The van der Waals surface area contributed by atoms with Gasteiger partial charge in [0.2, 0.25) is 0 Å². The van der Waals surface area contributed by atoms with Gasteiger partial charge in [-0.15, -0.1) is 0 Å². The van der Waals surface area contributed by atoms with Gasteiger partial charge in [0.1, 0.15) is 17.6 Å². The molecule has 0 bridgehead atoms. The molecule has 0 aliphatic carbocycles. The minimum Gasteiger partial charge on any atom is -0.496 e. The van der Waals surface area contributed by atoms with Crippen molar-refractivity contribution in [2.24, 2.45) is 0 Å². The van der Waals surface area contributed by atoms with Gasteiger partial charge in [-0.25, -0.2) is 0 Å².